The van der Waals surface area contributed by atoms with Gasteiger partial charge in [0.05, 0.1) is 0 Å². The van der Waals surface area contributed by atoms with E-state index in [2.05, 4.69) is 27.7 Å². The van der Waals surface area contributed by atoms with Crippen LogP contribution in [-0.4, -0.2) is 12.6 Å². The van der Waals surface area contributed by atoms with Crippen LogP contribution < -0.4 is 11.5 Å². The lowest BCUT2D eigenvalue weighted by molar-refractivity contribution is 0.576. The standard InChI is InChI=1S/C6H14.C5H14N2/c1-4-5-6(2)3;1-2-5(7)3-4-6/h6H,4-5H2,1-3H3;5H,2-4,6-7H2,1H3. The summed E-state index contributed by atoms with van der Waals surface area (Å²) in [4.78, 5) is 0. The van der Waals surface area contributed by atoms with E-state index in [4.69, 9.17) is 11.5 Å². The molecule has 2 nitrogen and oxygen atoms in total. The highest BCUT2D eigenvalue weighted by atomic mass is 14.6. The fraction of sp³-hybridized carbons (Fsp3) is 1.00. The van der Waals surface area contributed by atoms with Crippen LogP contribution >= 0.6 is 0 Å². The van der Waals surface area contributed by atoms with Crippen LogP contribution in [0.2, 0.25) is 0 Å². The molecule has 2 heteroatoms. The van der Waals surface area contributed by atoms with Crippen LogP contribution in [0.5, 0.6) is 0 Å². The SMILES string of the molecule is CCC(N)CCN.CCCC(C)C. The number of rotatable bonds is 5. The van der Waals surface area contributed by atoms with E-state index >= 15 is 0 Å². The van der Waals surface area contributed by atoms with Gasteiger partial charge in [0.25, 0.3) is 0 Å². The van der Waals surface area contributed by atoms with Gasteiger partial charge in [0.1, 0.15) is 0 Å². The topological polar surface area (TPSA) is 52.0 Å². The van der Waals surface area contributed by atoms with Crippen LogP contribution in [-0.2, 0) is 0 Å². The summed E-state index contributed by atoms with van der Waals surface area (Å²) in [5, 5.41) is 0. The van der Waals surface area contributed by atoms with Gasteiger partial charge in [-0.15, -0.1) is 0 Å². The van der Waals surface area contributed by atoms with Crippen molar-refractivity contribution in [2.75, 3.05) is 6.54 Å². The number of nitrogens with two attached hydrogens (primary N) is 2. The Hall–Kier alpha value is -0.0800. The summed E-state index contributed by atoms with van der Waals surface area (Å²) in [5.74, 6) is 0.898. The molecule has 0 aromatic rings. The highest BCUT2D eigenvalue weighted by Gasteiger charge is 1.92. The quantitative estimate of drug-likeness (QED) is 0.696. The van der Waals surface area contributed by atoms with Gasteiger partial charge in [0, 0.05) is 6.04 Å². The molecule has 0 aromatic heterocycles. The summed E-state index contributed by atoms with van der Waals surface area (Å²) in [5.41, 5.74) is 10.7. The molecule has 1 unspecified atom stereocenters. The maximum absolute atomic E-state index is 5.50. The molecule has 4 N–H and O–H groups in total. The lowest BCUT2D eigenvalue weighted by atomic mass is 10.1. The predicted octanol–water partition coefficient (Wildman–Crippen LogP) is 2.52. The molecule has 0 aliphatic rings. The molecule has 0 aliphatic heterocycles. The molecule has 0 spiro atoms. The van der Waals surface area contributed by atoms with E-state index in [1.807, 2.05) is 0 Å². The average Bonchev–Trinajstić information content (AvgIpc) is 2.05. The Balaban J connectivity index is 0. The molecular weight excluding hydrogens is 160 g/mol. The van der Waals surface area contributed by atoms with Crippen molar-refractivity contribution in [1.29, 1.82) is 0 Å². The van der Waals surface area contributed by atoms with Crippen molar-refractivity contribution in [3.63, 3.8) is 0 Å². The van der Waals surface area contributed by atoms with Gasteiger partial charge in [0.15, 0.2) is 0 Å². The highest BCUT2D eigenvalue weighted by Crippen LogP contribution is 2.00. The molecule has 13 heavy (non-hydrogen) atoms. The molecule has 0 fully saturated rings. The van der Waals surface area contributed by atoms with E-state index in [9.17, 15) is 0 Å². The van der Waals surface area contributed by atoms with Crippen molar-refractivity contribution >= 4 is 0 Å². The van der Waals surface area contributed by atoms with Crippen LogP contribution in [0.3, 0.4) is 0 Å². The third kappa shape index (κ3) is 18.7. The average molecular weight is 188 g/mol. The van der Waals surface area contributed by atoms with Gasteiger partial charge in [-0.1, -0.05) is 40.5 Å². The first-order chi connectivity index (χ1) is 6.08. The van der Waals surface area contributed by atoms with E-state index in [0.717, 1.165) is 25.3 Å². The molecule has 1 atom stereocenters. The molecule has 82 valence electrons. The lowest BCUT2D eigenvalue weighted by Crippen LogP contribution is -2.22. The molecule has 0 bridgehead atoms. The second-order valence-electron chi connectivity index (χ2n) is 3.93. The normalized spacial score (nSPS) is 12.2. The zero-order chi connectivity index (χ0) is 10.7. The maximum atomic E-state index is 5.50. The molecular formula is C11H28N2. The van der Waals surface area contributed by atoms with E-state index in [-0.39, 0.29) is 0 Å². The summed E-state index contributed by atoms with van der Waals surface area (Å²) < 4.78 is 0. The zero-order valence-corrected chi connectivity index (χ0v) is 9.84. The molecule has 0 saturated carbocycles. The second kappa shape index (κ2) is 11.9. The summed E-state index contributed by atoms with van der Waals surface area (Å²) in [6.45, 7) is 9.52. The van der Waals surface area contributed by atoms with Crippen molar-refractivity contribution in [1.82, 2.24) is 0 Å². The van der Waals surface area contributed by atoms with Crippen LogP contribution in [0.25, 0.3) is 0 Å². The first-order valence-corrected chi connectivity index (χ1v) is 5.54. The third-order valence-corrected chi connectivity index (χ3v) is 1.93. The Kier molecular flexibility index (Phi) is 14.1. The van der Waals surface area contributed by atoms with Crippen molar-refractivity contribution in [2.24, 2.45) is 17.4 Å². The van der Waals surface area contributed by atoms with Crippen LogP contribution in [0.4, 0.5) is 0 Å². The van der Waals surface area contributed by atoms with Gasteiger partial charge >= 0.3 is 0 Å². The summed E-state index contributed by atoms with van der Waals surface area (Å²) in [6.07, 6.45) is 4.70. The Morgan fingerprint density at radius 1 is 1.08 bits per heavy atom. The first-order valence-electron chi connectivity index (χ1n) is 5.54. The van der Waals surface area contributed by atoms with Crippen molar-refractivity contribution in [2.45, 2.75) is 59.4 Å². The molecule has 0 rings (SSSR count). The second-order valence-corrected chi connectivity index (χ2v) is 3.93. The first kappa shape index (κ1) is 15.4. The smallest absolute Gasteiger partial charge is 0.00482 e. The minimum Gasteiger partial charge on any atom is -0.330 e. The molecule has 0 amide bonds. The molecule has 0 heterocycles. The summed E-state index contributed by atoms with van der Waals surface area (Å²) >= 11 is 0. The predicted molar refractivity (Wildman–Crippen MR) is 61.7 cm³/mol. The van der Waals surface area contributed by atoms with Gasteiger partial charge in [-0.25, -0.2) is 0 Å². The minimum atomic E-state index is 0.324. The van der Waals surface area contributed by atoms with E-state index in [1.54, 1.807) is 0 Å². The van der Waals surface area contributed by atoms with Gasteiger partial charge in [-0.3, -0.25) is 0 Å². The molecule has 0 radical (unpaired) electrons. The highest BCUT2D eigenvalue weighted by molar-refractivity contribution is 4.56. The Morgan fingerprint density at radius 2 is 1.62 bits per heavy atom. The monoisotopic (exact) mass is 188 g/mol. The van der Waals surface area contributed by atoms with Crippen LogP contribution in [0.15, 0.2) is 0 Å². The van der Waals surface area contributed by atoms with Gasteiger partial charge in [-0.2, -0.15) is 0 Å². The van der Waals surface area contributed by atoms with Crippen molar-refractivity contribution < 1.29 is 0 Å². The zero-order valence-electron chi connectivity index (χ0n) is 9.84. The fourth-order valence-corrected chi connectivity index (χ4v) is 0.996. The maximum Gasteiger partial charge on any atom is 0.00482 e. The molecule has 0 saturated heterocycles. The fourth-order valence-electron chi connectivity index (χ4n) is 0.996. The van der Waals surface area contributed by atoms with Gasteiger partial charge < -0.3 is 11.5 Å². The van der Waals surface area contributed by atoms with E-state index in [1.165, 1.54) is 12.8 Å². The summed E-state index contributed by atoms with van der Waals surface area (Å²) in [7, 11) is 0. The molecule has 0 aliphatic carbocycles. The van der Waals surface area contributed by atoms with Crippen LogP contribution in [0, 0.1) is 5.92 Å². The Bertz CT molecular complexity index is 82.2. The third-order valence-electron chi connectivity index (χ3n) is 1.93. The molecule has 0 aromatic carbocycles. The van der Waals surface area contributed by atoms with Crippen LogP contribution in [0.1, 0.15) is 53.4 Å². The number of hydrogen-bond acceptors (Lipinski definition) is 2. The lowest BCUT2D eigenvalue weighted by Gasteiger charge is -2.03. The Labute approximate surface area is 84.1 Å². The van der Waals surface area contributed by atoms with Crippen molar-refractivity contribution in [3.05, 3.63) is 0 Å². The van der Waals surface area contributed by atoms with Gasteiger partial charge in [0.2, 0.25) is 0 Å². The summed E-state index contributed by atoms with van der Waals surface area (Å²) in [6, 6.07) is 0.324. The van der Waals surface area contributed by atoms with E-state index < -0.39 is 0 Å². The van der Waals surface area contributed by atoms with E-state index in [0.29, 0.717) is 6.04 Å². The minimum absolute atomic E-state index is 0.324. The van der Waals surface area contributed by atoms with Crippen molar-refractivity contribution in [3.8, 4) is 0 Å². The van der Waals surface area contributed by atoms with Gasteiger partial charge in [-0.05, 0) is 25.3 Å². The number of hydrogen-bond donors (Lipinski definition) is 2. The Morgan fingerprint density at radius 3 is 1.69 bits per heavy atom. The largest absolute Gasteiger partial charge is 0.330 e.